The molecule has 3 rings (SSSR count). The lowest BCUT2D eigenvalue weighted by atomic mass is 10.2. The smallest absolute Gasteiger partial charge is 0.410 e. The van der Waals surface area contributed by atoms with E-state index >= 15 is 0 Å². The summed E-state index contributed by atoms with van der Waals surface area (Å²) in [5.41, 5.74) is 0.866. The van der Waals surface area contributed by atoms with Crippen LogP contribution >= 0.6 is 0 Å². The van der Waals surface area contributed by atoms with Crippen molar-refractivity contribution >= 4 is 23.9 Å². The largest absolute Gasteiger partial charge is 0.445 e. The number of hydrogen-bond donors (Lipinski definition) is 1. The van der Waals surface area contributed by atoms with Gasteiger partial charge in [-0.2, -0.15) is 0 Å². The third kappa shape index (κ3) is 3.78. The molecule has 1 aromatic carbocycles. The summed E-state index contributed by atoms with van der Waals surface area (Å²) in [6.45, 7) is 0.786. The standard InChI is InChI=1S/C17H20N4O4/c1-20(17(24)25-11-12-6-3-2-4-7-12)13-10-18-16(19-15(13)23)21-9-5-8-14(21)22/h2-4,6-7,13H,5,8-11H2,1H3,(H,18,19,23). The molecule has 1 atom stereocenters. The molecular formula is C17H20N4O4. The first-order valence-corrected chi connectivity index (χ1v) is 8.15. The molecule has 0 bridgehead atoms. The van der Waals surface area contributed by atoms with Crippen molar-refractivity contribution in [3.63, 3.8) is 0 Å². The van der Waals surface area contributed by atoms with Crippen molar-refractivity contribution in [1.29, 1.82) is 0 Å². The summed E-state index contributed by atoms with van der Waals surface area (Å²) in [6.07, 6.45) is 0.618. The Kier molecular flexibility index (Phi) is 4.97. The van der Waals surface area contributed by atoms with E-state index < -0.39 is 12.1 Å². The molecule has 0 aromatic heterocycles. The van der Waals surface area contributed by atoms with Crippen molar-refractivity contribution in [2.45, 2.75) is 25.5 Å². The van der Waals surface area contributed by atoms with Gasteiger partial charge in [0.15, 0.2) is 0 Å². The number of nitrogens with zero attached hydrogens (tertiary/aromatic N) is 3. The van der Waals surface area contributed by atoms with Crippen LogP contribution in [-0.2, 0) is 20.9 Å². The van der Waals surface area contributed by atoms with Gasteiger partial charge in [-0.25, -0.2) is 9.79 Å². The molecule has 0 spiro atoms. The summed E-state index contributed by atoms with van der Waals surface area (Å²) in [5, 5.41) is 2.62. The first-order chi connectivity index (χ1) is 12.1. The third-order valence-corrected chi connectivity index (χ3v) is 4.24. The van der Waals surface area contributed by atoms with Gasteiger partial charge in [0.05, 0.1) is 6.54 Å². The van der Waals surface area contributed by atoms with Gasteiger partial charge in [0.2, 0.25) is 11.9 Å². The molecule has 1 unspecified atom stereocenters. The molecule has 0 aliphatic carbocycles. The van der Waals surface area contributed by atoms with Gasteiger partial charge in [-0.3, -0.25) is 24.7 Å². The van der Waals surface area contributed by atoms with E-state index in [9.17, 15) is 14.4 Å². The van der Waals surface area contributed by atoms with Gasteiger partial charge >= 0.3 is 6.09 Å². The van der Waals surface area contributed by atoms with Crippen LogP contribution in [0.3, 0.4) is 0 Å². The Bertz CT molecular complexity index is 704. The number of guanidine groups is 1. The number of benzene rings is 1. The maximum absolute atomic E-state index is 12.3. The van der Waals surface area contributed by atoms with Crippen LogP contribution in [0.25, 0.3) is 0 Å². The first kappa shape index (κ1) is 16.9. The van der Waals surface area contributed by atoms with Gasteiger partial charge in [0, 0.05) is 20.0 Å². The molecule has 0 saturated carbocycles. The summed E-state index contributed by atoms with van der Waals surface area (Å²) in [7, 11) is 1.50. The molecule has 132 valence electrons. The lowest BCUT2D eigenvalue weighted by Crippen LogP contribution is -2.57. The highest BCUT2D eigenvalue weighted by molar-refractivity contribution is 6.08. The molecule has 1 fully saturated rings. The minimum Gasteiger partial charge on any atom is -0.445 e. The number of carbonyl (C=O) groups is 3. The zero-order chi connectivity index (χ0) is 17.8. The molecule has 8 nitrogen and oxygen atoms in total. The number of rotatable bonds is 3. The van der Waals surface area contributed by atoms with E-state index in [0.717, 1.165) is 12.0 Å². The second-order valence-electron chi connectivity index (χ2n) is 5.97. The van der Waals surface area contributed by atoms with Crippen molar-refractivity contribution in [1.82, 2.24) is 15.1 Å². The summed E-state index contributed by atoms with van der Waals surface area (Å²) in [4.78, 5) is 43.2. The molecule has 1 N–H and O–H groups in total. The average molecular weight is 344 g/mol. The first-order valence-electron chi connectivity index (χ1n) is 8.15. The molecule has 1 aromatic rings. The Labute approximate surface area is 145 Å². The summed E-state index contributed by atoms with van der Waals surface area (Å²) in [5.74, 6) is -0.146. The molecule has 2 aliphatic rings. The molecule has 2 heterocycles. The fraction of sp³-hybridized carbons (Fsp3) is 0.412. The Morgan fingerprint density at radius 2 is 2.12 bits per heavy atom. The number of ether oxygens (including phenoxy) is 1. The number of aliphatic imine (C=N–C) groups is 1. The van der Waals surface area contributed by atoms with Crippen LogP contribution in [0.5, 0.6) is 0 Å². The van der Waals surface area contributed by atoms with Gasteiger partial charge in [-0.15, -0.1) is 0 Å². The maximum atomic E-state index is 12.3. The summed E-state index contributed by atoms with van der Waals surface area (Å²) >= 11 is 0. The Hall–Kier alpha value is -2.90. The molecule has 3 amide bonds. The van der Waals surface area contributed by atoms with Gasteiger partial charge in [0.25, 0.3) is 5.91 Å². The Morgan fingerprint density at radius 1 is 1.36 bits per heavy atom. The van der Waals surface area contributed by atoms with E-state index in [1.165, 1.54) is 16.8 Å². The molecule has 8 heteroatoms. The van der Waals surface area contributed by atoms with Crippen LogP contribution in [0.15, 0.2) is 35.3 Å². The molecular weight excluding hydrogens is 324 g/mol. The SMILES string of the molecule is CN(C(=O)OCc1ccccc1)C1CN=C(N2CCCC2=O)NC1=O. The van der Waals surface area contributed by atoms with E-state index in [0.29, 0.717) is 13.0 Å². The van der Waals surface area contributed by atoms with Gasteiger partial charge in [0.1, 0.15) is 12.6 Å². The Morgan fingerprint density at radius 3 is 2.76 bits per heavy atom. The fourth-order valence-electron chi connectivity index (χ4n) is 2.76. The number of hydrogen-bond acceptors (Lipinski definition) is 5. The zero-order valence-electron chi connectivity index (χ0n) is 14.0. The van der Waals surface area contributed by atoms with Crippen molar-refractivity contribution < 1.29 is 19.1 Å². The lowest BCUT2D eigenvalue weighted by molar-refractivity contribution is -0.125. The van der Waals surface area contributed by atoms with Crippen LogP contribution in [-0.4, -0.2) is 59.8 Å². The maximum Gasteiger partial charge on any atom is 0.410 e. The number of carbonyl (C=O) groups excluding carboxylic acids is 3. The molecule has 2 aliphatic heterocycles. The lowest BCUT2D eigenvalue weighted by Gasteiger charge is -2.30. The average Bonchev–Trinajstić information content (AvgIpc) is 3.06. The molecule has 0 radical (unpaired) electrons. The highest BCUT2D eigenvalue weighted by atomic mass is 16.6. The molecule has 1 saturated heterocycles. The normalized spacial score (nSPS) is 20.1. The fourth-order valence-corrected chi connectivity index (χ4v) is 2.76. The van der Waals surface area contributed by atoms with Crippen LogP contribution < -0.4 is 5.32 Å². The number of amides is 3. The summed E-state index contributed by atoms with van der Waals surface area (Å²) < 4.78 is 5.23. The third-order valence-electron chi connectivity index (χ3n) is 4.24. The van der Waals surface area contributed by atoms with Crippen LogP contribution in [0.1, 0.15) is 18.4 Å². The van der Waals surface area contributed by atoms with Gasteiger partial charge in [-0.1, -0.05) is 30.3 Å². The van der Waals surface area contributed by atoms with E-state index in [4.69, 9.17) is 4.74 Å². The predicted molar refractivity (Wildman–Crippen MR) is 89.6 cm³/mol. The van der Waals surface area contributed by atoms with Gasteiger partial charge in [-0.05, 0) is 12.0 Å². The topological polar surface area (TPSA) is 91.3 Å². The second kappa shape index (κ2) is 7.33. The van der Waals surface area contributed by atoms with Crippen molar-refractivity contribution in [2.75, 3.05) is 20.1 Å². The minimum absolute atomic E-state index is 0.0480. The quantitative estimate of drug-likeness (QED) is 0.875. The monoisotopic (exact) mass is 344 g/mol. The number of nitrogens with one attached hydrogen (secondary N) is 1. The Balaban J connectivity index is 1.58. The number of likely N-dealkylation sites (N-methyl/N-ethyl adjacent to an activating group) is 1. The predicted octanol–water partition coefficient (Wildman–Crippen LogP) is 0.732. The second-order valence-corrected chi connectivity index (χ2v) is 5.97. The van der Waals surface area contributed by atoms with E-state index in [1.807, 2.05) is 30.3 Å². The van der Waals surface area contributed by atoms with Crippen molar-refractivity contribution in [3.8, 4) is 0 Å². The minimum atomic E-state index is -0.760. The van der Waals surface area contributed by atoms with Crippen molar-refractivity contribution in [2.24, 2.45) is 4.99 Å². The highest BCUT2D eigenvalue weighted by Gasteiger charge is 2.35. The zero-order valence-corrected chi connectivity index (χ0v) is 14.0. The van der Waals surface area contributed by atoms with Crippen LogP contribution in [0.2, 0.25) is 0 Å². The number of likely N-dealkylation sites (tertiary alicyclic amines) is 1. The molecule has 25 heavy (non-hydrogen) atoms. The highest BCUT2D eigenvalue weighted by Crippen LogP contribution is 2.13. The van der Waals surface area contributed by atoms with E-state index in [-0.39, 0.29) is 30.9 Å². The van der Waals surface area contributed by atoms with Crippen LogP contribution in [0.4, 0.5) is 4.79 Å². The summed E-state index contributed by atoms with van der Waals surface area (Å²) in [6, 6.07) is 8.54. The van der Waals surface area contributed by atoms with E-state index in [2.05, 4.69) is 10.3 Å². The van der Waals surface area contributed by atoms with Crippen molar-refractivity contribution in [3.05, 3.63) is 35.9 Å². The van der Waals surface area contributed by atoms with Gasteiger partial charge < -0.3 is 4.74 Å². The van der Waals surface area contributed by atoms with Crippen LogP contribution in [0, 0.1) is 0 Å². The van der Waals surface area contributed by atoms with E-state index in [1.54, 1.807) is 0 Å².